The van der Waals surface area contributed by atoms with Crippen molar-refractivity contribution in [2.24, 2.45) is 0 Å². The highest BCUT2D eigenvalue weighted by Gasteiger charge is 2.00. The van der Waals surface area contributed by atoms with Crippen LogP contribution in [0.3, 0.4) is 0 Å². The first-order chi connectivity index (χ1) is 6.38. The number of thioether (sulfide) groups is 1. The van der Waals surface area contributed by atoms with Crippen molar-refractivity contribution in [3.8, 4) is 0 Å². The molecule has 0 spiro atoms. The molecule has 0 fully saturated rings. The summed E-state index contributed by atoms with van der Waals surface area (Å²) in [5.41, 5.74) is 1.40. The van der Waals surface area contributed by atoms with Gasteiger partial charge in [-0.05, 0) is 12.3 Å². The van der Waals surface area contributed by atoms with Crippen molar-refractivity contribution < 1.29 is 17.7 Å². The number of alkyl halides is 1. The van der Waals surface area contributed by atoms with Crippen LogP contribution in [0.1, 0.15) is 5.56 Å². The maximum atomic E-state index is 5.60. The SMILES string of the molecule is CSc1ccccc1C[NH2+]CCCl.[Cl-]. The first kappa shape index (κ1) is 14.1. The van der Waals surface area contributed by atoms with Crippen molar-refractivity contribution in [1.29, 1.82) is 0 Å². The van der Waals surface area contributed by atoms with E-state index in [0.717, 1.165) is 19.0 Å². The van der Waals surface area contributed by atoms with Crippen molar-refractivity contribution in [3.05, 3.63) is 29.8 Å². The van der Waals surface area contributed by atoms with Crippen LogP contribution in [0.25, 0.3) is 0 Å². The first-order valence-electron chi connectivity index (χ1n) is 4.38. The minimum absolute atomic E-state index is 0. The summed E-state index contributed by atoms with van der Waals surface area (Å²) in [6.07, 6.45) is 2.11. The van der Waals surface area contributed by atoms with Gasteiger partial charge in [-0.3, -0.25) is 0 Å². The Kier molecular flexibility index (Phi) is 8.49. The van der Waals surface area contributed by atoms with Crippen LogP contribution >= 0.6 is 23.4 Å². The van der Waals surface area contributed by atoms with Gasteiger partial charge in [0.15, 0.2) is 0 Å². The Hall–Kier alpha value is 0.110. The molecule has 0 heterocycles. The molecule has 1 aromatic rings. The van der Waals surface area contributed by atoms with Gasteiger partial charge in [-0.15, -0.1) is 23.4 Å². The zero-order valence-corrected chi connectivity index (χ0v) is 10.5. The Morgan fingerprint density at radius 2 is 2.07 bits per heavy atom. The van der Waals surface area contributed by atoms with E-state index >= 15 is 0 Å². The molecule has 0 aliphatic heterocycles. The molecule has 0 aromatic heterocycles. The molecular weight excluding hydrogens is 237 g/mol. The van der Waals surface area contributed by atoms with Crippen LogP contribution in [-0.2, 0) is 6.54 Å². The van der Waals surface area contributed by atoms with E-state index < -0.39 is 0 Å². The molecule has 1 aromatic carbocycles. The van der Waals surface area contributed by atoms with Crippen LogP contribution in [0.2, 0.25) is 0 Å². The van der Waals surface area contributed by atoms with Gasteiger partial charge in [0.05, 0.1) is 12.4 Å². The maximum Gasteiger partial charge on any atom is 0.102 e. The Bertz CT molecular complexity index is 256. The summed E-state index contributed by atoms with van der Waals surface area (Å²) < 4.78 is 0. The quantitative estimate of drug-likeness (QED) is 0.392. The van der Waals surface area contributed by atoms with Gasteiger partial charge in [0, 0.05) is 10.5 Å². The third-order valence-corrected chi connectivity index (χ3v) is 2.93. The molecule has 80 valence electrons. The van der Waals surface area contributed by atoms with Crippen LogP contribution in [0, 0.1) is 0 Å². The molecule has 2 N–H and O–H groups in total. The van der Waals surface area contributed by atoms with Gasteiger partial charge in [0.2, 0.25) is 0 Å². The monoisotopic (exact) mass is 251 g/mol. The number of halogens is 2. The molecule has 14 heavy (non-hydrogen) atoms. The molecule has 0 bridgehead atoms. The average molecular weight is 252 g/mol. The van der Waals surface area contributed by atoms with Crippen molar-refractivity contribution in [1.82, 2.24) is 0 Å². The van der Waals surface area contributed by atoms with Gasteiger partial charge in [-0.2, -0.15) is 0 Å². The highest BCUT2D eigenvalue weighted by atomic mass is 35.5. The Balaban J connectivity index is 0.00000169. The molecular formula is C10H15Cl2NS. The van der Waals surface area contributed by atoms with E-state index in [9.17, 15) is 0 Å². The largest absolute Gasteiger partial charge is 1.00 e. The number of quaternary nitrogens is 1. The first-order valence-corrected chi connectivity index (χ1v) is 6.14. The van der Waals surface area contributed by atoms with Crippen LogP contribution in [-0.4, -0.2) is 18.7 Å². The third kappa shape index (κ3) is 4.56. The Morgan fingerprint density at radius 3 is 2.71 bits per heavy atom. The molecule has 1 nitrogen and oxygen atoms in total. The molecule has 0 saturated heterocycles. The van der Waals surface area contributed by atoms with Crippen LogP contribution in [0.5, 0.6) is 0 Å². The van der Waals surface area contributed by atoms with E-state index in [1.807, 2.05) is 0 Å². The minimum atomic E-state index is 0. The topological polar surface area (TPSA) is 16.6 Å². The molecule has 0 atom stereocenters. The summed E-state index contributed by atoms with van der Waals surface area (Å²) in [6.45, 7) is 2.02. The van der Waals surface area contributed by atoms with Gasteiger partial charge in [-0.25, -0.2) is 0 Å². The molecule has 1 rings (SSSR count). The van der Waals surface area contributed by atoms with E-state index in [1.165, 1.54) is 10.5 Å². The molecule has 0 radical (unpaired) electrons. The van der Waals surface area contributed by atoms with Gasteiger partial charge in [0.1, 0.15) is 6.54 Å². The summed E-state index contributed by atoms with van der Waals surface area (Å²) in [7, 11) is 0. The predicted molar refractivity (Wildman–Crippen MR) is 59.4 cm³/mol. The van der Waals surface area contributed by atoms with Crippen LogP contribution < -0.4 is 17.7 Å². The molecule has 0 aliphatic rings. The lowest BCUT2D eigenvalue weighted by Gasteiger charge is -2.04. The van der Waals surface area contributed by atoms with E-state index in [0.29, 0.717) is 0 Å². The zero-order valence-electron chi connectivity index (χ0n) is 8.17. The molecule has 0 amide bonds. The van der Waals surface area contributed by atoms with Crippen molar-refractivity contribution >= 4 is 23.4 Å². The standard InChI is InChI=1S/C10H14ClNS.ClH/c1-13-10-5-3-2-4-9(10)8-12-7-6-11;/h2-5,12H,6-8H2,1H3;1H. The van der Waals surface area contributed by atoms with Gasteiger partial charge in [-0.1, -0.05) is 18.2 Å². The van der Waals surface area contributed by atoms with Crippen LogP contribution in [0.4, 0.5) is 0 Å². The Labute approximate surface area is 101 Å². The van der Waals surface area contributed by atoms with Gasteiger partial charge < -0.3 is 17.7 Å². The lowest BCUT2D eigenvalue weighted by atomic mass is 10.2. The molecule has 0 aliphatic carbocycles. The number of hydrogen-bond acceptors (Lipinski definition) is 1. The number of benzene rings is 1. The van der Waals surface area contributed by atoms with E-state index in [4.69, 9.17) is 11.6 Å². The van der Waals surface area contributed by atoms with Crippen molar-refractivity contribution in [3.63, 3.8) is 0 Å². The highest BCUT2D eigenvalue weighted by Crippen LogP contribution is 2.18. The molecule has 4 heteroatoms. The number of rotatable bonds is 5. The zero-order chi connectivity index (χ0) is 9.52. The van der Waals surface area contributed by atoms with Crippen molar-refractivity contribution in [2.45, 2.75) is 11.4 Å². The van der Waals surface area contributed by atoms with E-state index in [2.05, 4.69) is 35.8 Å². The second-order valence-corrected chi connectivity index (χ2v) is 4.01. The summed E-state index contributed by atoms with van der Waals surface area (Å²) in [5, 5.41) is 2.24. The van der Waals surface area contributed by atoms with E-state index in [-0.39, 0.29) is 12.4 Å². The predicted octanol–water partition coefficient (Wildman–Crippen LogP) is -1.29. The Morgan fingerprint density at radius 1 is 1.36 bits per heavy atom. The molecule has 0 unspecified atom stereocenters. The normalized spacial score (nSPS) is 9.57. The lowest BCUT2D eigenvalue weighted by molar-refractivity contribution is -0.667. The second kappa shape index (κ2) is 8.42. The summed E-state index contributed by atoms with van der Waals surface area (Å²) in [4.78, 5) is 1.37. The molecule has 0 saturated carbocycles. The summed E-state index contributed by atoms with van der Waals surface area (Å²) in [6, 6.07) is 8.51. The van der Waals surface area contributed by atoms with Crippen LogP contribution in [0.15, 0.2) is 29.2 Å². The smallest absolute Gasteiger partial charge is 0.102 e. The average Bonchev–Trinajstić information content (AvgIpc) is 2.19. The minimum Gasteiger partial charge on any atom is -1.00 e. The number of hydrogen-bond donors (Lipinski definition) is 1. The van der Waals surface area contributed by atoms with Gasteiger partial charge in [0.25, 0.3) is 0 Å². The lowest BCUT2D eigenvalue weighted by Crippen LogP contribution is -3.00. The third-order valence-electron chi connectivity index (χ3n) is 1.87. The fourth-order valence-corrected chi connectivity index (χ4v) is 1.99. The second-order valence-electron chi connectivity index (χ2n) is 2.78. The number of nitrogens with two attached hydrogens (primary N) is 1. The van der Waals surface area contributed by atoms with E-state index in [1.54, 1.807) is 11.8 Å². The summed E-state index contributed by atoms with van der Waals surface area (Å²) in [5.74, 6) is 0.724. The highest BCUT2D eigenvalue weighted by molar-refractivity contribution is 7.98. The fourth-order valence-electron chi connectivity index (χ4n) is 1.21. The van der Waals surface area contributed by atoms with Crippen molar-refractivity contribution in [2.75, 3.05) is 18.7 Å². The van der Waals surface area contributed by atoms with Gasteiger partial charge >= 0.3 is 0 Å². The summed E-state index contributed by atoms with van der Waals surface area (Å²) >= 11 is 7.41. The maximum absolute atomic E-state index is 5.60. The fraction of sp³-hybridized carbons (Fsp3) is 0.400.